The number of nitrogens with two attached hydrogens (primary N) is 3. The van der Waals surface area contributed by atoms with E-state index < -0.39 is 5.97 Å². The minimum Gasteiger partial charge on any atom is -0.481 e. The Kier molecular flexibility index (Phi) is 44.5. The number of carbonyl (C=O) groups excluding carboxylic acids is 6. The first kappa shape index (κ1) is 102. The lowest BCUT2D eigenvalue weighted by Gasteiger charge is -2.07. The molecule has 3 amide bonds. The zero-order valence-electron chi connectivity index (χ0n) is 72.9. The zero-order valence-corrected chi connectivity index (χ0v) is 76.1. The number of hydrogen-bond donors (Lipinski definition) is 7. The van der Waals surface area contributed by atoms with Crippen LogP contribution in [0.5, 0.6) is 0 Å². The number of benzene rings is 7. The summed E-state index contributed by atoms with van der Waals surface area (Å²) >= 11 is 6.17. The van der Waals surface area contributed by atoms with Gasteiger partial charge in [-0.25, -0.2) is 15.0 Å². The molecule has 0 atom stereocenters. The second-order valence-corrected chi connectivity index (χ2v) is 32.1. The number of halogens is 1. The van der Waals surface area contributed by atoms with E-state index in [0.29, 0.717) is 54.0 Å². The number of methoxy groups -OCH3 is 3. The Morgan fingerprint density at radius 1 is 0.426 bits per heavy atom. The fourth-order valence-corrected chi connectivity index (χ4v) is 14.3. The molecule has 0 spiro atoms. The molecule has 0 fully saturated rings. The number of rotatable bonds is 35. The van der Waals surface area contributed by atoms with Crippen LogP contribution in [-0.2, 0) is 137 Å². The highest BCUT2D eigenvalue weighted by Crippen LogP contribution is 2.21. The normalized spacial score (nSPS) is 10.7. The number of carboxylic acid groups (broad SMARTS) is 1. The molecule has 0 saturated carbocycles. The van der Waals surface area contributed by atoms with Crippen LogP contribution in [0.15, 0.2) is 255 Å². The summed E-state index contributed by atoms with van der Waals surface area (Å²) in [7, 11) is 4.20. The molecule has 0 aliphatic rings. The number of hydrogen-bond acceptors (Lipinski definition) is 24. The van der Waals surface area contributed by atoms with Gasteiger partial charge in [-0.2, -0.15) is 5.10 Å². The monoisotopic (exact) mass is 1850 g/mol. The number of carbonyl (C=O) groups is 7. The minimum absolute atomic E-state index is 0. The number of nitrogen functional groups attached to an aromatic ring is 1. The van der Waals surface area contributed by atoms with E-state index in [1.54, 1.807) is 36.8 Å². The molecular weight excluding hydrogens is 1740 g/mol. The quantitative estimate of drug-likeness (QED) is 0.00637. The average molecular weight is 1850 g/mol. The largest absolute Gasteiger partial charge is 0.481 e. The van der Waals surface area contributed by atoms with Crippen molar-refractivity contribution in [2.75, 3.05) is 37.7 Å². The predicted molar refractivity (Wildman–Crippen MR) is 507 cm³/mol. The van der Waals surface area contributed by atoms with E-state index in [4.69, 9.17) is 22.3 Å². The summed E-state index contributed by atoms with van der Waals surface area (Å²) in [5, 5.41) is 45.2. The number of ether oxygens (including phenoxy) is 3. The van der Waals surface area contributed by atoms with Crippen molar-refractivity contribution in [3.8, 4) is 0 Å². The number of aryl methyl sites for hydroxylation is 7. The van der Waals surface area contributed by atoms with Gasteiger partial charge in [0.2, 0.25) is 28.0 Å². The number of imidazole rings is 3. The molecule has 29 nitrogen and oxygen atoms in total. The number of nitrogens with zero attached hydrogens (tertiary/aromatic N) is 12. The van der Waals surface area contributed by atoms with Crippen LogP contribution in [0.2, 0.25) is 0 Å². The number of aliphatic carboxylic acids is 1. The molecule has 0 unspecified atom stereocenters. The van der Waals surface area contributed by atoms with Crippen molar-refractivity contribution < 1.29 is 52.9 Å². The van der Waals surface area contributed by atoms with Crippen LogP contribution < -0.4 is 33.2 Å². The molecule has 7 aromatic carbocycles. The van der Waals surface area contributed by atoms with Gasteiger partial charge in [0.25, 0.3) is 0 Å². The van der Waals surface area contributed by atoms with E-state index in [1.807, 2.05) is 239 Å². The van der Waals surface area contributed by atoms with Crippen molar-refractivity contribution in [1.29, 1.82) is 0 Å². The van der Waals surface area contributed by atoms with Crippen molar-refractivity contribution >= 4 is 96.3 Å². The average Bonchev–Trinajstić information content (AvgIpc) is 1.79. The number of allylic oxidation sites excluding steroid dienone is 3. The number of aromatic nitrogens is 12. The molecule has 6 heterocycles. The standard InChI is InChI=1S/C31H32N8O2S.C18H24N6OS.C14H16N2O2.C13H14N2O2.C10H11BrO2.C10H12O2.CH4/c1-22-32-16-17-39(22)21-25-11-7-10-24(18-25)20-29(41)34-31-38-37-30(42-31)13-6-5-12-26-14-15-27(36-35-26)33-28(40)19-23-8-3-2-4-9-23;19-14(8-4-5-9-17-23-24-18(21)26-17)10-11-15(20)22-16(25)12-13-6-2-1-3-7-13;1-11-15-6-7-16(11)10-13-5-3-4-12(8-13)9-14(17)18-2;1-10-14-5-6-15(10)9-12-4-2-3-11(7-12)8-13(16)17;1-13-10(12)6-8-3-2-4-9(5-8)7-11;1-8-4-3-5-9(6-8)7-10(11)12-2;/h2-4,7-11,14-18H,5-6,12-13,19-21H2,1H3,(H,33,36,40)(H,34,38,41);1-3,6-7,10-11H,4-5,8-9,12,19-20H2,(H2,21,24)(H,22,25);3-8H,9-10H2,1-2H3;2-7H,8-9H2,1H3,(H,16,17);2-5H,6-7H2,1H3;3-6H,7H2,1-2H3;1H4/b;14-10-,15-11+;;;;;. The first-order valence-electron chi connectivity index (χ1n) is 41.2. The Hall–Kier alpha value is -14.0. The molecule has 0 radical (unpaired) electrons. The van der Waals surface area contributed by atoms with Gasteiger partial charge in [0.1, 0.15) is 33.3 Å². The summed E-state index contributed by atoms with van der Waals surface area (Å²) in [6.07, 6.45) is 23.2. The first-order chi connectivity index (χ1) is 61.8. The lowest BCUT2D eigenvalue weighted by Crippen LogP contribution is -2.28. The highest BCUT2D eigenvalue weighted by Gasteiger charge is 2.15. The third-order valence-corrected chi connectivity index (χ3v) is 21.4. The van der Waals surface area contributed by atoms with Gasteiger partial charge >= 0.3 is 23.9 Å². The van der Waals surface area contributed by atoms with Crippen molar-refractivity contribution in [1.82, 2.24) is 64.6 Å². The third-order valence-electron chi connectivity index (χ3n) is 19.0. The van der Waals surface area contributed by atoms with E-state index in [1.165, 1.54) is 49.6 Å². The highest BCUT2D eigenvalue weighted by atomic mass is 79.9. The number of esters is 3. The zero-order chi connectivity index (χ0) is 91.8. The van der Waals surface area contributed by atoms with Gasteiger partial charge in [0.15, 0.2) is 5.82 Å². The number of carboxylic acids is 1. The lowest BCUT2D eigenvalue weighted by atomic mass is 10.1. The van der Waals surface area contributed by atoms with E-state index >= 15 is 0 Å². The Bertz CT molecular complexity index is 5720. The fraction of sp³-hybridized carbons (Fsp3) is 0.278. The molecule has 32 heteroatoms. The maximum Gasteiger partial charge on any atom is 0.309 e. The molecule has 13 aromatic rings. The first-order valence-corrected chi connectivity index (χ1v) is 44.0. The summed E-state index contributed by atoms with van der Waals surface area (Å²) < 4.78 is 20.0. The SMILES string of the molecule is C.COC(=O)Cc1cccc(C)c1.COC(=O)Cc1cccc(CBr)c1.COC(=O)Cc1cccc(Cn2ccnc2C)c1.Cc1nccn1Cc1cccc(CC(=O)Nc2nnc(CCCCc3ccc(NC(=O)Cc4ccccc4)nn3)s2)c1.Cc1nccn1Cc1cccc(CC(=O)O)c1.N/C(=C\C=C(/N)NC(=O)Cc1ccccc1)CCCCc1nnc(N)s1. The van der Waals surface area contributed by atoms with Gasteiger partial charge < -0.3 is 66.2 Å². The number of amides is 3. The Labute approximate surface area is 769 Å². The van der Waals surface area contributed by atoms with Gasteiger partial charge in [-0.3, -0.25) is 33.6 Å². The van der Waals surface area contributed by atoms with Crippen LogP contribution >= 0.6 is 38.6 Å². The third kappa shape index (κ3) is 40.0. The molecule has 10 N–H and O–H groups in total. The number of alkyl halides is 1. The Morgan fingerprint density at radius 3 is 1.29 bits per heavy atom. The maximum atomic E-state index is 12.6. The summed E-state index contributed by atoms with van der Waals surface area (Å²) in [6.45, 7) is 10.1. The van der Waals surface area contributed by atoms with E-state index in [-0.39, 0.29) is 68.1 Å². The van der Waals surface area contributed by atoms with E-state index in [0.717, 1.165) is 164 Å². The van der Waals surface area contributed by atoms with Crippen LogP contribution in [0.3, 0.4) is 0 Å². The number of nitrogens with one attached hydrogen (secondary N) is 3. The van der Waals surface area contributed by atoms with Crippen molar-refractivity contribution in [2.24, 2.45) is 11.5 Å². The minimum atomic E-state index is -0.805. The molecular formula is C97H113BrN18O11S2. The van der Waals surface area contributed by atoms with Crippen molar-refractivity contribution in [3.63, 3.8) is 0 Å². The van der Waals surface area contributed by atoms with Crippen LogP contribution in [0.4, 0.5) is 16.1 Å². The van der Waals surface area contributed by atoms with Crippen molar-refractivity contribution in [2.45, 2.75) is 156 Å². The van der Waals surface area contributed by atoms with Gasteiger partial charge in [0.05, 0.1) is 72.0 Å². The molecule has 676 valence electrons. The number of unbranched alkanes of at least 4 members (excludes halogenated alkanes) is 2. The fourth-order valence-electron chi connectivity index (χ4n) is 12.5. The van der Waals surface area contributed by atoms with E-state index in [9.17, 15) is 33.6 Å². The summed E-state index contributed by atoms with van der Waals surface area (Å²) in [4.78, 5) is 93.0. The van der Waals surface area contributed by atoms with Crippen LogP contribution in [-0.4, -0.2) is 127 Å². The van der Waals surface area contributed by atoms with Gasteiger partial charge in [-0.1, -0.05) is 234 Å². The second kappa shape index (κ2) is 56.2. The molecule has 0 aliphatic heterocycles. The molecule has 129 heavy (non-hydrogen) atoms. The summed E-state index contributed by atoms with van der Waals surface area (Å²) in [5.74, 6) is 1.79. The predicted octanol–water partition coefficient (Wildman–Crippen LogP) is 15.1. The topological polar surface area (TPSA) is 412 Å². The Morgan fingerprint density at radius 2 is 0.837 bits per heavy atom. The Balaban J connectivity index is 0.000000226. The van der Waals surface area contributed by atoms with Crippen LogP contribution in [0, 0.1) is 27.7 Å². The number of anilines is 3. The van der Waals surface area contributed by atoms with E-state index in [2.05, 4.69) is 101 Å². The second-order valence-electron chi connectivity index (χ2n) is 29.4. The molecule has 0 saturated heterocycles. The van der Waals surface area contributed by atoms with Gasteiger partial charge in [-0.05, 0) is 152 Å². The maximum absolute atomic E-state index is 12.6. The van der Waals surface area contributed by atoms with Crippen molar-refractivity contribution in [3.05, 3.63) is 355 Å². The van der Waals surface area contributed by atoms with Crippen LogP contribution in [0.1, 0.15) is 139 Å². The highest BCUT2D eigenvalue weighted by molar-refractivity contribution is 9.08. The van der Waals surface area contributed by atoms with Crippen LogP contribution in [0.25, 0.3) is 0 Å². The molecule has 0 bridgehead atoms. The molecule has 0 aliphatic carbocycles. The van der Waals surface area contributed by atoms with Gasteiger partial charge in [-0.15, -0.1) is 25.5 Å². The lowest BCUT2D eigenvalue weighted by molar-refractivity contribution is -0.140. The summed E-state index contributed by atoms with van der Waals surface area (Å²) in [6, 6.07) is 62.0. The summed E-state index contributed by atoms with van der Waals surface area (Å²) in [5.41, 5.74) is 31.2. The van der Waals surface area contributed by atoms with Gasteiger partial charge in [0, 0.05) is 80.7 Å². The molecule has 6 aromatic heterocycles. The smallest absolute Gasteiger partial charge is 0.309 e. The molecule has 13 rings (SSSR count).